The Kier molecular flexibility index (Phi) is 4.08. The Balaban J connectivity index is 2.51. The van der Waals surface area contributed by atoms with Crippen LogP contribution in [-0.2, 0) is 0 Å². The summed E-state index contributed by atoms with van der Waals surface area (Å²) in [6.45, 7) is 0.0741. The first-order valence-corrected chi connectivity index (χ1v) is 4.65. The lowest BCUT2D eigenvalue weighted by Crippen LogP contribution is -2.38. The highest BCUT2D eigenvalue weighted by Gasteiger charge is 1.99. The molecule has 0 heterocycles. The van der Waals surface area contributed by atoms with E-state index in [4.69, 9.17) is 28.2 Å². The molecule has 0 spiro atoms. The van der Waals surface area contributed by atoms with Crippen LogP contribution in [0.3, 0.4) is 0 Å². The normalized spacial score (nSPS) is 9.47. The number of guanidine groups is 1. The molecule has 5 nitrogen and oxygen atoms in total. The summed E-state index contributed by atoms with van der Waals surface area (Å²) in [5, 5.41) is 20.6. The van der Waals surface area contributed by atoms with Crippen LogP contribution in [0.4, 0.5) is 5.69 Å². The minimum absolute atomic E-state index is 0.00720. The van der Waals surface area contributed by atoms with Crippen LogP contribution in [0.25, 0.3) is 0 Å². The average Bonchev–Trinajstić information content (AvgIpc) is 2.21. The van der Waals surface area contributed by atoms with Crippen LogP contribution in [0.1, 0.15) is 0 Å². The van der Waals surface area contributed by atoms with E-state index in [2.05, 4.69) is 10.6 Å². The molecular weight excluding hydrogens is 214 g/mol. The van der Waals surface area contributed by atoms with Gasteiger partial charge < -0.3 is 16.4 Å². The topological polar surface area (TPSA) is 97.8 Å². The molecule has 0 bridgehead atoms. The summed E-state index contributed by atoms with van der Waals surface area (Å²) in [6.07, 6.45) is 0. The van der Waals surface area contributed by atoms with E-state index >= 15 is 0 Å². The van der Waals surface area contributed by atoms with Crippen molar-refractivity contribution in [2.75, 3.05) is 11.9 Å². The van der Waals surface area contributed by atoms with Crippen molar-refractivity contribution in [2.24, 2.45) is 5.73 Å². The van der Waals surface area contributed by atoms with Crippen LogP contribution < -0.4 is 16.4 Å². The predicted molar refractivity (Wildman–Crippen MR) is 62.7 cm³/mol. The molecule has 1 aromatic carbocycles. The monoisotopic (exact) mass is 225 g/mol. The molecule has 0 aliphatic rings. The van der Waals surface area contributed by atoms with Gasteiger partial charge in [-0.2, -0.15) is 0 Å². The van der Waals surface area contributed by atoms with Gasteiger partial charge in [-0.1, -0.05) is 11.6 Å². The average molecular weight is 226 g/mol. The number of anilines is 1. The second kappa shape index (κ2) is 5.33. The van der Waals surface area contributed by atoms with Crippen molar-refractivity contribution in [3.8, 4) is 0 Å². The van der Waals surface area contributed by atoms with Gasteiger partial charge in [-0.3, -0.25) is 10.8 Å². The van der Waals surface area contributed by atoms with Gasteiger partial charge in [0, 0.05) is 10.7 Å². The van der Waals surface area contributed by atoms with E-state index < -0.39 is 0 Å². The number of nitrogens with one attached hydrogen (secondary N) is 4. The molecule has 80 valence electrons. The molecule has 0 unspecified atom stereocenters. The Morgan fingerprint density at radius 1 is 1.27 bits per heavy atom. The molecular formula is C9H12ClN5. The molecule has 0 fully saturated rings. The molecule has 15 heavy (non-hydrogen) atoms. The van der Waals surface area contributed by atoms with Crippen molar-refractivity contribution in [2.45, 2.75) is 0 Å². The SMILES string of the molecule is N=C(CN)NC(=N)Nc1ccc(Cl)cc1. The highest BCUT2D eigenvalue weighted by Crippen LogP contribution is 2.12. The van der Waals surface area contributed by atoms with Gasteiger partial charge in [0.25, 0.3) is 0 Å². The summed E-state index contributed by atoms with van der Waals surface area (Å²) in [5.74, 6) is 0.0919. The van der Waals surface area contributed by atoms with Crippen molar-refractivity contribution in [3.63, 3.8) is 0 Å². The molecule has 1 aromatic rings. The van der Waals surface area contributed by atoms with E-state index in [0.717, 1.165) is 5.69 Å². The molecule has 0 saturated carbocycles. The van der Waals surface area contributed by atoms with E-state index in [1.54, 1.807) is 24.3 Å². The number of amidine groups is 1. The van der Waals surface area contributed by atoms with Crippen molar-refractivity contribution in [3.05, 3.63) is 29.3 Å². The standard InChI is InChI=1S/C9H12ClN5/c10-6-1-3-7(4-2-6)14-9(13)15-8(12)5-11/h1-4H,5,11H2,(H4,12,13,14,15). The van der Waals surface area contributed by atoms with Crippen LogP contribution in [0.2, 0.25) is 5.02 Å². The first-order valence-electron chi connectivity index (χ1n) is 4.27. The first-order chi connectivity index (χ1) is 7.11. The summed E-state index contributed by atoms with van der Waals surface area (Å²) in [6, 6.07) is 6.91. The van der Waals surface area contributed by atoms with Gasteiger partial charge in [0.1, 0.15) is 5.84 Å². The zero-order chi connectivity index (χ0) is 11.3. The zero-order valence-electron chi connectivity index (χ0n) is 7.97. The molecule has 0 radical (unpaired) electrons. The number of rotatable bonds is 2. The quantitative estimate of drug-likeness (QED) is 0.387. The predicted octanol–water partition coefficient (Wildman–Crippen LogP) is 1.21. The second-order valence-electron chi connectivity index (χ2n) is 2.81. The zero-order valence-corrected chi connectivity index (χ0v) is 8.73. The lowest BCUT2D eigenvalue weighted by molar-refractivity contribution is 1.14. The third-order valence-corrected chi connectivity index (χ3v) is 1.85. The fourth-order valence-electron chi connectivity index (χ4n) is 0.911. The van der Waals surface area contributed by atoms with Crippen LogP contribution >= 0.6 is 11.6 Å². The number of nitrogens with two attached hydrogens (primary N) is 1. The molecule has 6 N–H and O–H groups in total. The second-order valence-corrected chi connectivity index (χ2v) is 3.25. The smallest absolute Gasteiger partial charge is 0.198 e. The summed E-state index contributed by atoms with van der Waals surface area (Å²) in [4.78, 5) is 0. The summed E-state index contributed by atoms with van der Waals surface area (Å²) in [5.41, 5.74) is 5.93. The van der Waals surface area contributed by atoms with Crippen molar-refractivity contribution >= 4 is 29.1 Å². The minimum Gasteiger partial charge on any atom is -0.326 e. The molecule has 0 aliphatic carbocycles. The number of hydrogen-bond donors (Lipinski definition) is 5. The molecule has 6 heteroatoms. The fourth-order valence-corrected chi connectivity index (χ4v) is 1.04. The van der Waals surface area contributed by atoms with E-state index in [-0.39, 0.29) is 18.3 Å². The van der Waals surface area contributed by atoms with Crippen LogP contribution in [0, 0.1) is 10.8 Å². The fraction of sp³-hybridized carbons (Fsp3) is 0.111. The number of hydrogen-bond acceptors (Lipinski definition) is 3. The van der Waals surface area contributed by atoms with E-state index in [0.29, 0.717) is 5.02 Å². The van der Waals surface area contributed by atoms with E-state index in [1.807, 2.05) is 0 Å². The maximum Gasteiger partial charge on any atom is 0.198 e. The van der Waals surface area contributed by atoms with E-state index in [9.17, 15) is 0 Å². The molecule has 0 aliphatic heterocycles. The van der Waals surface area contributed by atoms with Crippen molar-refractivity contribution < 1.29 is 0 Å². The Morgan fingerprint density at radius 3 is 2.40 bits per heavy atom. The summed E-state index contributed by atoms with van der Waals surface area (Å²) in [7, 11) is 0. The van der Waals surface area contributed by atoms with Crippen LogP contribution in [0.15, 0.2) is 24.3 Å². The maximum absolute atomic E-state index is 7.46. The first kappa shape index (κ1) is 11.5. The lowest BCUT2D eigenvalue weighted by atomic mass is 10.3. The highest BCUT2D eigenvalue weighted by molar-refractivity contribution is 6.30. The van der Waals surface area contributed by atoms with Gasteiger partial charge in [-0.15, -0.1) is 0 Å². The molecule has 0 atom stereocenters. The minimum atomic E-state index is 0.00720. The number of benzene rings is 1. The number of halogens is 1. The van der Waals surface area contributed by atoms with Crippen molar-refractivity contribution in [1.29, 1.82) is 10.8 Å². The third-order valence-electron chi connectivity index (χ3n) is 1.59. The molecule has 0 amide bonds. The van der Waals surface area contributed by atoms with Crippen molar-refractivity contribution in [1.82, 2.24) is 5.32 Å². The third kappa shape index (κ3) is 3.97. The van der Waals surface area contributed by atoms with Gasteiger partial charge in [0.15, 0.2) is 5.96 Å². The Bertz CT molecular complexity index is 359. The van der Waals surface area contributed by atoms with Crippen LogP contribution in [-0.4, -0.2) is 18.3 Å². The molecule has 0 saturated heterocycles. The molecule has 1 rings (SSSR count). The van der Waals surface area contributed by atoms with Gasteiger partial charge in [-0.25, -0.2) is 0 Å². The largest absolute Gasteiger partial charge is 0.326 e. The van der Waals surface area contributed by atoms with Crippen LogP contribution in [0.5, 0.6) is 0 Å². The highest BCUT2D eigenvalue weighted by atomic mass is 35.5. The molecule has 0 aromatic heterocycles. The van der Waals surface area contributed by atoms with Gasteiger partial charge >= 0.3 is 0 Å². The summed E-state index contributed by atoms with van der Waals surface area (Å²) < 4.78 is 0. The van der Waals surface area contributed by atoms with E-state index in [1.165, 1.54) is 0 Å². The van der Waals surface area contributed by atoms with Gasteiger partial charge in [0.05, 0.1) is 6.54 Å². The Labute approximate surface area is 92.6 Å². The van der Waals surface area contributed by atoms with Gasteiger partial charge in [0.2, 0.25) is 0 Å². The maximum atomic E-state index is 7.46. The Hall–Kier alpha value is -1.59. The Morgan fingerprint density at radius 2 is 1.87 bits per heavy atom. The summed E-state index contributed by atoms with van der Waals surface area (Å²) >= 11 is 5.71. The lowest BCUT2D eigenvalue weighted by Gasteiger charge is -2.09. The van der Waals surface area contributed by atoms with Gasteiger partial charge in [-0.05, 0) is 24.3 Å².